The molecule has 0 aromatic rings. The summed E-state index contributed by atoms with van der Waals surface area (Å²) in [5, 5.41) is 35.9. The van der Waals surface area contributed by atoms with Crippen molar-refractivity contribution in [2.45, 2.75) is 0 Å². The molecule has 19 heavy (non-hydrogen) atoms. The minimum Gasteiger partial charge on any atom is -0.870 e. The number of hydrogen-bond acceptors (Lipinski definition) is 10. The van der Waals surface area contributed by atoms with Gasteiger partial charge in [-0.05, 0) is 0 Å². The number of fused-ring (bicyclic) bond motifs is 2. The Balaban J connectivity index is -0.000000109. The second-order valence-electron chi connectivity index (χ2n) is 2.50. The van der Waals surface area contributed by atoms with Crippen LogP contribution in [0.2, 0.25) is 0 Å². The van der Waals surface area contributed by atoms with Crippen LogP contribution in [0, 0.1) is 0 Å². The minimum absolute atomic E-state index is 0. The summed E-state index contributed by atoms with van der Waals surface area (Å²) in [6, 6.07) is 0. The van der Waals surface area contributed by atoms with E-state index in [1.165, 1.54) is 0 Å². The molecule has 0 spiro atoms. The second kappa shape index (κ2) is 12.0. The molecule has 0 aromatic heterocycles. The Morgan fingerprint density at radius 2 is 0.947 bits per heavy atom. The third-order valence-corrected chi connectivity index (χ3v) is 1.50. The Kier molecular flexibility index (Phi) is 21.0. The van der Waals surface area contributed by atoms with Gasteiger partial charge in [0.05, 0.1) is 0 Å². The van der Waals surface area contributed by atoms with Crippen LogP contribution in [0.5, 0.6) is 0 Å². The van der Waals surface area contributed by atoms with E-state index in [2.05, 4.69) is 22.9 Å². The van der Waals surface area contributed by atoms with Crippen molar-refractivity contribution in [3.63, 3.8) is 0 Å². The molecule has 2 bridgehead atoms. The molecule has 2 aliphatic rings. The summed E-state index contributed by atoms with van der Waals surface area (Å²) in [6.07, 6.45) is 0. The number of rotatable bonds is 0. The van der Waals surface area contributed by atoms with Crippen molar-refractivity contribution >= 4 is 28.6 Å². The van der Waals surface area contributed by atoms with E-state index in [9.17, 15) is 10.0 Å². The van der Waals surface area contributed by atoms with Gasteiger partial charge in [0.1, 0.15) is 0 Å². The molecular weight excluding hydrogens is 360 g/mol. The molecule has 11 N–H and O–H groups in total. The predicted octanol–water partition coefficient (Wildman–Crippen LogP) is -12.7. The summed E-state index contributed by atoms with van der Waals surface area (Å²) in [5.74, 6) is 0. The molecule has 19 heteroatoms. The topological polar surface area (TPSA) is 252 Å². The molecule has 0 unspecified atom stereocenters. The van der Waals surface area contributed by atoms with E-state index >= 15 is 0 Å². The molecule has 13 nitrogen and oxygen atoms in total. The standard InChI is InChI=1S/B4H4O9.Na.4H2O.Rb/c5-1-9-3(7)11-2(6)12-4(8,10-1)13-3;;;;;;/h5-8H;;4*1H2;/q-2;+1;;;;;+1/p-1. The monoisotopic (exact) mass is 371 g/mol. The van der Waals surface area contributed by atoms with Gasteiger partial charge in [0.25, 0.3) is 0 Å². The maximum absolute atomic E-state index is 9.18. The average Bonchev–Trinajstić information content (AvgIpc) is 1.75. The van der Waals surface area contributed by atoms with Gasteiger partial charge in [-0.1, -0.05) is 0 Å². The largest absolute Gasteiger partial charge is 1.00 e. The molecule has 104 valence electrons. The average molecular weight is 371 g/mol. The van der Waals surface area contributed by atoms with Crippen molar-refractivity contribution in [3.05, 3.63) is 0 Å². The van der Waals surface area contributed by atoms with E-state index in [1.54, 1.807) is 0 Å². The van der Waals surface area contributed by atoms with Crippen LogP contribution in [0.3, 0.4) is 0 Å². The Morgan fingerprint density at radius 1 is 0.737 bits per heavy atom. The first kappa shape index (κ1) is 33.2. The molecule has 0 amide bonds. The molecular formula is H11B4NaO13Rb-. The van der Waals surface area contributed by atoms with Gasteiger partial charge in [-0.25, -0.2) is 0 Å². The van der Waals surface area contributed by atoms with E-state index in [1.807, 2.05) is 0 Å². The van der Waals surface area contributed by atoms with Crippen LogP contribution in [0.4, 0.5) is 0 Å². The van der Waals surface area contributed by atoms with Gasteiger partial charge in [-0.2, -0.15) is 0 Å². The van der Waals surface area contributed by atoms with Gasteiger partial charge in [0, 0.05) is 0 Å². The summed E-state index contributed by atoms with van der Waals surface area (Å²) >= 11 is 0. The zero-order chi connectivity index (χ0) is 9.69. The van der Waals surface area contributed by atoms with Crippen molar-refractivity contribution in [2.24, 2.45) is 0 Å². The maximum Gasteiger partial charge on any atom is 1.00 e. The minimum atomic E-state index is -3.45. The molecule has 0 saturated carbocycles. The van der Waals surface area contributed by atoms with E-state index in [0.29, 0.717) is 0 Å². The molecule has 2 aliphatic heterocycles. The van der Waals surface area contributed by atoms with Crippen LogP contribution in [-0.4, -0.2) is 70.6 Å². The summed E-state index contributed by atoms with van der Waals surface area (Å²) in [4.78, 5) is 0. The number of hydrogen-bond donors (Lipinski definition) is 4. The van der Waals surface area contributed by atoms with Crippen molar-refractivity contribution < 1.29 is 153 Å². The Hall–Kier alpha value is 2.54. The molecule has 0 aromatic carbocycles. The Labute approximate surface area is 178 Å². The zero-order valence-corrected chi connectivity index (χ0v) is 17.0. The van der Waals surface area contributed by atoms with Crippen LogP contribution in [0.25, 0.3) is 0 Å². The van der Waals surface area contributed by atoms with E-state index in [-0.39, 0.29) is 110 Å². The molecule has 0 radical (unpaired) electrons. The third kappa shape index (κ3) is 8.67. The van der Waals surface area contributed by atoms with Crippen molar-refractivity contribution in [1.29, 1.82) is 0 Å². The van der Waals surface area contributed by atoms with E-state index < -0.39 is 28.6 Å². The smallest absolute Gasteiger partial charge is 0.870 e. The molecule has 0 aliphatic carbocycles. The fourth-order valence-electron chi connectivity index (χ4n) is 1.06. The fraction of sp³-hybridized carbons (Fsp3) is 0. The maximum atomic E-state index is 9.18. The molecule has 2 saturated heterocycles. The fourth-order valence-corrected chi connectivity index (χ4v) is 1.06. The van der Waals surface area contributed by atoms with Crippen LogP contribution >= 0.6 is 0 Å². The SMILES string of the molecule is O.O.O.OB1O[B-]2(O)OB(O)O[B-](O)(O1)O2.[Na+].[OH-].[Rb+]. The summed E-state index contributed by atoms with van der Waals surface area (Å²) in [7, 11) is -3.92. The van der Waals surface area contributed by atoms with Gasteiger partial charge in [-0.15, -0.1) is 0 Å². The van der Waals surface area contributed by atoms with Crippen molar-refractivity contribution in [2.75, 3.05) is 0 Å². The van der Waals surface area contributed by atoms with Crippen LogP contribution in [0.1, 0.15) is 0 Å². The van der Waals surface area contributed by atoms with Crippen LogP contribution in [-0.2, 0) is 22.9 Å². The first-order valence-electron chi connectivity index (χ1n) is 3.39. The Morgan fingerprint density at radius 3 is 1.16 bits per heavy atom. The van der Waals surface area contributed by atoms with Gasteiger partial charge in [0.15, 0.2) is 0 Å². The summed E-state index contributed by atoms with van der Waals surface area (Å²) < 4.78 is 21.1. The quantitative estimate of drug-likeness (QED) is 0.292. The zero-order valence-electron chi connectivity index (χ0n) is 10.1. The molecule has 2 fully saturated rings. The Bertz CT molecular complexity index is 195. The van der Waals surface area contributed by atoms with Gasteiger partial charge >= 0.3 is 116 Å². The van der Waals surface area contributed by atoms with Crippen LogP contribution < -0.4 is 87.7 Å². The van der Waals surface area contributed by atoms with E-state index in [4.69, 9.17) is 10.0 Å². The van der Waals surface area contributed by atoms with Gasteiger partial charge in [-0.3, -0.25) is 0 Å². The first-order valence-corrected chi connectivity index (χ1v) is 3.39. The molecule has 2 rings (SSSR count). The third-order valence-electron chi connectivity index (χ3n) is 1.50. The normalized spacial score (nSPS) is 30.9. The van der Waals surface area contributed by atoms with Gasteiger partial charge in [0.2, 0.25) is 0 Å². The molecule has 2 heterocycles. The summed E-state index contributed by atoms with van der Waals surface area (Å²) in [6.45, 7) is -6.90. The first-order chi connectivity index (χ1) is 5.91. The van der Waals surface area contributed by atoms with Crippen LogP contribution in [0.15, 0.2) is 0 Å². The van der Waals surface area contributed by atoms with Crippen molar-refractivity contribution in [1.82, 2.24) is 0 Å². The summed E-state index contributed by atoms with van der Waals surface area (Å²) in [5.41, 5.74) is 0. The second-order valence-corrected chi connectivity index (χ2v) is 2.50. The van der Waals surface area contributed by atoms with Gasteiger partial charge < -0.3 is 64.9 Å². The van der Waals surface area contributed by atoms with E-state index in [0.717, 1.165) is 0 Å². The molecule has 0 atom stereocenters. The van der Waals surface area contributed by atoms with Crippen molar-refractivity contribution in [3.8, 4) is 0 Å². The predicted molar refractivity (Wildman–Crippen MR) is 50.1 cm³/mol.